The molecule has 10 heteroatoms. The highest BCUT2D eigenvalue weighted by molar-refractivity contribution is 5.77. The number of nitrogen functional groups attached to an aromatic ring is 1. The van der Waals surface area contributed by atoms with Gasteiger partial charge in [-0.1, -0.05) is 5.10 Å². The third kappa shape index (κ3) is 3.90. The van der Waals surface area contributed by atoms with E-state index < -0.39 is 0 Å². The van der Waals surface area contributed by atoms with Gasteiger partial charge in [0.15, 0.2) is 0 Å². The van der Waals surface area contributed by atoms with Crippen LogP contribution in [0.4, 0.5) is 5.95 Å². The molecule has 0 bridgehead atoms. The van der Waals surface area contributed by atoms with Gasteiger partial charge >= 0.3 is 0 Å². The summed E-state index contributed by atoms with van der Waals surface area (Å²) >= 11 is 0. The van der Waals surface area contributed by atoms with Gasteiger partial charge in [0, 0.05) is 39.2 Å². The van der Waals surface area contributed by atoms with E-state index in [2.05, 4.69) is 15.5 Å². The lowest BCUT2D eigenvalue weighted by Crippen LogP contribution is -2.53. The second-order valence-corrected chi connectivity index (χ2v) is 7.98. The van der Waals surface area contributed by atoms with Gasteiger partial charge in [-0.3, -0.25) is 9.59 Å². The molecule has 3 saturated heterocycles. The number of tetrazole rings is 1. The number of piperidine rings is 2. The fraction of sp³-hybridized carbons (Fsp3) is 0.824. The predicted molar refractivity (Wildman–Crippen MR) is 95.3 cm³/mol. The smallest absolute Gasteiger partial charge is 0.244 e. The van der Waals surface area contributed by atoms with Crippen LogP contribution < -0.4 is 5.73 Å². The molecule has 1 atom stereocenters. The zero-order chi connectivity index (χ0) is 18.9. The van der Waals surface area contributed by atoms with Crippen molar-refractivity contribution >= 4 is 17.8 Å². The lowest BCUT2D eigenvalue weighted by atomic mass is 9.72. The fourth-order valence-corrected chi connectivity index (χ4v) is 4.49. The van der Waals surface area contributed by atoms with Crippen LogP contribution in [0.25, 0.3) is 0 Å². The van der Waals surface area contributed by atoms with Crippen molar-refractivity contribution in [2.45, 2.75) is 51.2 Å². The number of likely N-dealkylation sites (tertiary alicyclic amines) is 2. The van der Waals surface area contributed by atoms with Crippen LogP contribution in [0.2, 0.25) is 0 Å². The van der Waals surface area contributed by atoms with Crippen LogP contribution in [0.1, 0.15) is 38.5 Å². The molecule has 3 aliphatic rings. The van der Waals surface area contributed by atoms with Crippen LogP contribution in [-0.2, 0) is 20.9 Å². The number of amides is 2. The minimum atomic E-state index is -0.0213. The van der Waals surface area contributed by atoms with Gasteiger partial charge in [-0.15, -0.1) is 0 Å². The highest BCUT2D eigenvalue weighted by atomic mass is 16.5. The van der Waals surface area contributed by atoms with Crippen LogP contribution in [0.3, 0.4) is 0 Å². The summed E-state index contributed by atoms with van der Waals surface area (Å²) in [5, 5.41) is 10.8. The Bertz CT molecular complexity index is 692. The second-order valence-electron chi connectivity index (χ2n) is 7.98. The van der Waals surface area contributed by atoms with Gasteiger partial charge < -0.3 is 20.3 Å². The van der Waals surface area contributed by atoms with E-state index in [1.165, 1.54) is 4.68 Å². The average Bonchev–Trinajstić information content (AvgIpc) is 3.31. The highest BCUT2D eigenvalue weighted by Gasteiger charge is 2.42. The van der Waals surface area contributed by atoms with Gasteiger partial charge in [0.2, 0.25) is 17.8 Å². The van der Waals surface area contributed by atoms with E-state index in [-0.39, 0.29) is 35.8 Å². The maximum atomic E-state index is 12.5. The molecule has 1 aromatic heterocycles. The zero-order valence-electron chi connectivity index (χ0n) is 15.5. The van der Waals surface area contributed by atoms with Gasteiger partial charge in [0.05, 0.1) is 6.10 Å². The van der Waals surface area contributed by atoms with Crippen LogP contribution >= 0.6 is 0 Å². The lowest BCUT2D eigenvalue weighted by molar-refractivity contribution is -0.144. The monoisotopic (exact) mass is 377 g/mol. The Hall–Kier alpha value is -2.23. The molecule has 1 aromatic rings. The maximum Gasteiger partial charge on any atom is 0.244 e. The largest absolute Gasteiger partial charge is 0.376 e. The van der Waals surface area contributed by atoms with Crippen molar-refractivity contribution < 1.29 is 14.3 Å². The quantitative estimate of drug-likeness (QED) is 0.762. The van der Waals surface area contributed by atoms with Crippen molar-refractivity contribution in [2.75, 3.05) is 38.5 Å². The molecule has 4 rings (SSSR count). The molecule has 148 valence electrons. The highest BCUT2D eigenvalue weighted by Crippen LogP contribution is 2.40. The van der Waals surface area contributed by atoms with Gasteiger partial charge in [0.1, 0.15) is 6.54 Å². The van der Waals surface area contributed by atoms with E-state index in [0.29, 0.717) is 26.1 Å². The van der Waals surface area contributed by atoms with Crippen molar-refractivity contribution in [3.05, 3.63) is 0 Å². The number of hydrogen-bond acceptors (Lipinski definition) is 7. The summed E-state index contributed by atoms with van der Waals surface area (Å²) in [5.41, 5.74) is 5.76. The maximum absolute atomic E-state index is 12.5. The zero-order valence-corrected chi connectivity index (χ0v) is 15.5. The van der Waals surface area contributed by atoms with Crippen molar-refractivity contribution in [1.82, 2.24) is 30.0 Å². The van der Waals surface area contributed by atoms with Crippen molar-refractivity contribution in [1.29, 1.82) is 0 Å². The molecular weight excluding hydrogens is 350 g/mol. The van der Waals surface area contributed by atoms with Crippen LogP contribution in [0.5, 0.6) is 0 Å². The standard InChI is InChI=1S/C17H27N7O3/c18-16-19-20-21-24(16)11-15(26)22-7-5-17(6-8-22)4-3-14(25)23(12-17)10-13-2-1-9-27-13/h13H,1-12H2,(H2,18,19,21)/t13-/m1/s1. The van der Waals surface area contributed by atoms with Crippen molar-refractivity contribution in [2.24, 2.45) is 5.41 Å². The Labute approximate surface area is 158 Å². The Morgan fingerprint density at radius 3 is 2.78 bits per heavy atom. The van der Waals surface area contributed by atoms with E-state index in [0.717, 1.165) is 45.3 Å². The average molecular weight is 377 g/mol. The van der Waals surface area contributed by atoms with Gasteiger partial charge in [-0.2, -0.15) is 0 Å². The van der Waals surface area contributed by atoms with Gasteiger partial charge in [-0.25, -0.2) is 4.68 Å². The Morgan fingerprint density at radius 2 is 2.11 bits per heavy atom. The number of nitrogens with zero attached hydrogens (tertiary/aromatic N) is 6. The first-order valence-corrected chi connectivity index (χ1v) is 9.73. The van der Waals surface area contributed by atoms with Crippen LogP contribution in [0, 0.1) is 5.41 Å². The lowest BCUT2D eigenvalue weighted by Gasteiger charge is -2.47. The van der Waals surface area contributed by atoms with Gasteiger partial charge in [0.25, 0.3) is 0 Å². The molecule has 2 amide bonds. The van der Waals surface area contributed by atoms with Crippen LogP contribution in [0.15, 0.2) is 0 Å². The summed E-state index contributed by atoms with van der Waals surface area (Å²) in [5.74, 6) is 0.364. The Morgan fingerprint density at radius 1 is 1.30 bits per heavy atom. The van der Waals surface area contributed by atoms with E-state index in [9.17, 15) is 9.59 Å². The van der Waals surface area contributed by atoms with E-state index in [1.807, 2.05) is 9.80 Å². The molecule has 10 nitrogen and oxygen atoms in total. The number of carbonyl (C=O) groups is 2. The molecule has 0 saturated carbocycles. The molecule has 4 heterocycles. The molecule has 27 heavy (non-hydrogen) atoms. The van der Waals surface area contributed by atoms with Crippen molar-refractivity contribution in [3.63, 3.8) is 0 Å². The molecule has 3 fully saturated rings. The number of aromatic nitrogens is 4. The summed E-state index contributed by atoms with van der Waals surface area (Å²) in [6.45, 7) is 3.76. The molecule has 3 aliphatic heterocycles. The van der Waals surface area contributed by atoms with E-state index in [4.69, 9.17) is 10.5 Å². The van der Waals surface area contributed by atoms with E-state index in [1.54, 1.807) is 0 Å². The second kappa shape index (κ2) is 7.41. The third-order valence-electron chi connectivity index (χ3n) is 6.22. The summed E-state index contributed by atoms with van der Waals surface area (Å²) in [6, 6.07) is 0. The number of carbonyl (C=O) groups excluding carboxylic acids is 2. The normalized spacial score (nSPS) is 25.3. The fourth-order valence-electron chi connectivity index (χ4n) is 4.49. The number of ether oxygens (including phenoxy) is 1. The molecular formula is C17H27N7O3. The number of anilines is 1. The summed E-state index contributed by atoms with van der Waals surface area (Å²) in [4.78, 5) is 28.7. The molecule has 0 aromatic carbocycles. The molecule has 0 unspecified atom stereocenters. The summed E-state index contributed by atoms with van der Waals surface area (Å²) in [6.07, 6.45) is 5.66. The first-order chi connectivity index (χ1) is 13.0. The molecule has 0 aliphatic carbocycles. The number of nitrogens with two attached hydrogens (primary N) is 1. The first-order valence-electron chi connectivity index (χ1n) is 9.73. The minimum absolute atomic E-state index is 0.0213. The molecule has 1 spiro atoms. The Kier molecular flexibility index (Phi) is 4.98. The number of rotatable bonds is 4. The van der Waals surface area contributed by atoms with Crippen molar-refractivity contribution in [3.8, 4) is 0 Å². The molecule has 0 radical (unpaired) electrons. The third-order valence-corrected chi connectivity index (χ3v) is 6.22. The summed E-state index contributed by atoms with van der Waals surface area (Å²) < 4.78 is 7.03. The minimum Gasteiger partial charge on any atom is -0.376 e. The van der Waals surface area contributed by atoms with E-state index >= 15 is 0 Å². The van der Waals surface area contributed by atoms with Gasteiger partial charge in [-0.05, 0) is 47.9 Å². The summed E-state index contributed by atoms with van der Waals surface area (Å²) in [7, 11) is 0. The SMILES string of the molecule is Nc1nnnn1CC(=O)N1CCC2(CCC(=O)N(C[C@H]3CCCO3)C2)CC1. The molecule has 2 N–H and O–H groups in total. The number of hydrogen-bond donors (Lipinski definition) is 1. The Balaban J connectivity index is 1.32. The topological polar surface area (TPSA) is 119 Å². The first kappa shape index (κ1) is 18.1. The van der Waals surface area contributed by atoms with Crippen LogP contribution in [-0.4, -0.2) is 80.7 Å². The predicted octanol–water partition coefficient (Wildman–Crippen LogP) is -0.334.